The Labute approximate surface area is 172 Å². The smallest absolute Gasteiger partial charge is 0.285 e. The van der Waals surface area contributed by atoms with Crippen molar-refractivity contribution in [3.05, 3.63) is 54.1 Å². The second-order valence-corrected chi connectivity index (χ2v) is 8.06. The summed E-state index contributed by atoms with van der Waals surface area (Å²) in [7, 11) is 2.05. The van der Waals surface area contributed by atoms with Gasteiger partial charge in [0.2, 0.25) is 5.91 Å². The molecular weight excluding hydrogens is 364 g/mol. The van der Waals surface area contributed by atoms with E-state index >= 15 is 0 Å². The topological polar surface area (TPSA) is 57.1 Å². The highest BCUT2D eigenvalue weighted by molar-refractivity contribution is 6.10. The van der Waals surface area contributed by atoms with Gasteiger partial charge in [-0.3, -0.25) is 14.5 Å². The Kier molecular flexibility index (Phi) is 5.53. The van der Waals surface area contributed by atoms with Crippen LogP contribution in [0.15, 0.2) is 48.5 Å². The number of fused-ring (bicyclic) bond motifs is 1. The van der Waals surface area contributed by atoms with Gasteiger partial charge in [-0.1, -0.05) is 30.3 Å². The van der Waals surface area contributed by atoms with Crippen LogP contribution in [0.25, 0.3) is 0 Å². The van der Waals surface area contributed by atoms with Crippen molar-refractivity contribution in [2.45, 2.75) is 32.4 Å². The van der Waals surface area contributed by atoms with Gasteiger partial charge in [0, 0.05) is 24.3 Å². The largest absolute Gasteiger partial charge is 0.371 e. The first-order chi connectivity index (χ1) is 14.0. The van der Waals surface area contributed by atoms with Crippen LogP contribution in [-0.4, -0.2) is 44.5 Å². The van der Waals surface area contributed by atoms with Crippen molar-refractivity contribution in [3.63, 3.8) is 0 Å². The quantitative estimate of drug-likeness (QED) is 0.813. The summed E-state index contributed by atoms with van der Waals surface area (Å²) in [6, 6.07) is 15.7. The number of carbonyl (C=O) groups is 2. The molecule has 29 heavy (non-hydrogen) atoms. The number of likely N-dealkylation sites (N-methyl/N-ethyl adjacent to an activating group) is 1. The fourth-order valence-corrected chi connectivity index (χ4v) is 4.25. The molecule has 2 atom stereocenters. The Morgan fingerprint density at radius 1 is 1.07 bits per heavy atom. The van der Waals surface area contributed by atoms with Gasteiger partial charge in [-0.05, 0) is 38.0 Å². The summed E-state index contributed by atoms with van der Waals surface area (Å²) >= 11 is 0. The van der Waals surface area contributed by atoms with Crippen molar-refractivity contribution in [1.82, 2.24) is 0 Å². The average molecular weight is 394 g/mol. The lowest BCUT2D eigenvalue weighted by molar-refractivity contribution is -0.907. The highest BCUT2D eigenvalue weighted by Gasteiger charge is 2.33. The Balaban J connectivity index is 1.51. The highest BCUT2D eigenvalue weighted by Crippen LogP contribution is 2.29. The van der Waals surface area contributed by atoms with Crippen molar-refractivity contribution in [3.8, 4) is 0 Å². The van der Waals surface area contributed by atoms with Crippen molar-refractivity contribution >= 4 is 28.9 Å². The number of benzene rings is 2. The summed E-state index contributed by atoms with van der Waals surface area (Å²) in [6.07, 6.45) is 2.48. The van der Waals surface area contributed by atoms with E-state index < -0.39 is 0 Å². The Morgan fingerprint density at radius 2 is 1.72 bits per heavy atom. The van der Waals surface area contributed by atoms with Crippen LogP contribution in [0.3, 0.4) is 0 Å². The number of hydrogen-bond donors (Lipinski definition) is 2. The van der Waals surface area contributed by atoms with Crippen LogP contribution in [0.1, 0.15) is 25.3 Å². The van der Waals surface area contributed by atoms with Crippen LogP contribution in [0.2, 0.25) is 0 Å². The van der Waals surface area contributed by atoms with E-state index in [-0.39, 0.29) is 24.4 Å². The van der Waals surface area contributed by atoms with Gasteiger partial charge in [0.05, 0.1) is 18.4 Å². The molecule has 0 spiro atoms. The molecule has 0 saturated carbocycles. The summed E-state index contributed by atoms with van der Waals surface area (Å²) in [5, 5.41) is 2.85. The second-order valence-electron chi connectivity index (χ2n) is 8.06. The Hall–Kier alpha value is -2.86. The minimum Gasteiger partial charge on any atom is -0.371 e. The van der Waals surface area contributed by atoms with Gasteiger partial charge in [-0.15, -0.1) is 0 Å². The zero-order valence-corrected chi connectivity index (χ0v) is 17.1. The van der Waals surface area contributed by atoms with E-state index in [9.17, 15) is 9.59 Å². The van der Waals surface area contributed by atoms with Gasteiger partial charge in [0.15, 0.2) is 6.04 Å². The van der Waals surface area contributed by atoms with Gasteiger partial charge in [0.1, 0.15) is 13.1 Å². The lowest BCUT2D eigenvalue weighted by Gasteiger charge is -2.32. The van der Waals surface area contributed by atoms with Crippen molar-refractivity contribution in [2.24, 2.45) is 0 Å². The van der Waals surface area contributed by atoms with E-state index in [0.717, 1.165) is 30.2 Å². The molecule has 1 unspecified atom stereocenters. The van der Waals surface area contributed by atoms with Crippen molar-refractivity contribution in [2.75, 3.05) is 41.8 Å². The van der Waals surface area contributed by atoms with Gasteiger partial charge in [0.25, 0.3) is 5.91 Å². The third-order valence-electron chi connectivity index (χ3n) is 6.05. The summed E-state index contributed by atoms with van der Waals surface area (Å²) in [5.41, 5.74) is 4.02. The first-order valence-electron chi connectivity index (χ1n) is 10.4. The molecule has 0 aliphatic carbocycles. The standard InChI is InChI=1S/C23H28N4O2/c1-17(23(29)27-16-22(28)24-19-10-4-6-12-21(19)27)25(2)15-18-9-3-5-11-20(18)26-13-7-8-14-26/h3-6,9-12,17H,7-8,13-16H2,1-2H3,(H,24,28)/p+1/t17-/m1/s1. The number of nitrogens with one attached hydrogen (secondary N) is 2. The number of anilines is 3. The molecule has 2 N–H and O–H groups in total. The monoisotopic (exact) mass is 393 g/mol. The predicted octanol–water partition coefficient (Wildman–Crippen LogP) is 1.68. The lowest BCUT2D eigenvalue weighted by atomic mass is 10.1. The summed E-state index contributed by atoms with van der Waals surface area (Å²) in [6.45, 7) is 4.98. The van der Waals surface area contributed by atoms with Gasteiger partial charge in [-0.2, -0.15) is 0 Å². The predicted molar refractivity (Wildman–Crippen MR) is 115 cm³/mol. The van der Waals surface area contributed by atoms with E-state index in [1.54, 1.807) is 4.90 Å². The number of para-hydroxylation sites is 3. The first-order valence-corrected chi connectivity index (χ1v) is 10.4. The molecule has 0 bridgehead atoms. The maximum absolute atomic E-state index is 13.3. The molecular formula is C23H29N4O2+. The van der Waals surface area contributed by atoms with E-state index in [2.05, 4.69) is 41.5 Å². The highest BCUT2D eigenvalue weighted by atomic mass is 16.2. The van der Waals surface area contributed by atoms with Crippen LogP contribution < -0.4 is 20.0 Å². The van der Waals surface area contributed by atoms with Crippen molar-refractivity contribution < 1.29 is 14.5 Å². The molecule has 0 radical (unpaired) electrons. The number of nitrogens with zero attached hydrogens (tertiary/aromatic N) is 2. The molecule has 2 aromatic rings. The van der Waals surface area contributed by atoms with E-state index in [4.69, 9.17) is 0 Å². The van der Waals surface area contributed by atoms with Gasteiger partial charge in [-0.25, -0.2) is 0 Å². The molecule has 4 rings (SSSR count). The molecule has 2 heterocycles. The number of rotatable bonds is 5. The number of amides is 2. The summed E-state index contributed by atoms with van der Waals surface area (Å²) < 4.78 is 0. The molecule has 6 nitrogen and oxygen atoms in total. The number of carbonyl (C=O) groups excluding carboxylic acids is 2. The first kappa shape index (κ1) is 19.5. The summed E-state index contributed by atoms with van der Waals surface area (Å²) in [4.78, 5) is 30.6. The third-order valence-corrected chi connectivity index (χ3v) is 6.05. The third kappa shape index (κ3) is 3.98. The van der Waals surface area contributed by atoms with Gasteiger partial charge >= 0.3 is 0 Å². The molecule has 2 aliphatic rings. The molecule has 0 aromatic heterocycles. The zero-order valence-electron chi connectivity index (χ0n) is 17.1. The molecule has 6 heteroatoms. The lowest BCUT2D eigenvalue weighted by Crippen LogP contribution is -3.12. The second kappa shape index (κ2) is 8.25. The van der Waals surface area contributed by atoms with Crippen LogP contribution in [-0.2, 0) is 16.1 Å². The minimum absolute atomic E-state index is 0.0246. The molecule has 1 saturated heterocycles. The molecule has 152 valence electrons. The number of quaternary nitrogens is 1. The fraction of sp³-hybridized carbons (Fsp3) is 0.391. The van der Waals surface area contributed by atoms with Crippen molar-refractivity contribution in [1.29, 1.82) is 0 Å². The van der Waals surface area contributed by atoms with Crippen LogP contribution in [0, 0.1) is 0 Å². The number of hydrogen-bond acceptors (Lipinski definition) is 3. The fourth-order valence-electron chi connectivity index (χ4n) is 4.25. The Morgan fingerprint density at radius 3 is 2.48 bits per heavy atom. The molecule has 2 aliphatic heterocycles. The molecule has 1 fully saturated rings. The summed E-state index contributed by atoms with van der Waals surface area (Å²) in [5.74, 6) is -0.176. The molecule has 2 amide bonds. The van der Waals surface area contributed by atoms with Crippen LogP contribution >= 0.6 is 0 Å². The van der Waals surface area contributed by atoms with E-state index in [0.29, 0.717) is 5.69 Å². The zero-order chi connectivity index (χ0) is 20.4. The van der Waals surface area contributed by atoms with Crippen LogP contribution in [0.5, 0.6) is 0 Å². The maximum Gasteiger partial charge on any atom is 0.285 e. The van der Waals surface area contributed by atoms with Crippen LogP contribution in [0.4, 0.5) is 17.1 Å². The average Bonchev–Trinajstić information content (AvgIpc) is 3.27. The van der Waals surface area contributed by atoms with E-state index in [1.165, 1.54) is 24.1 Å². The Bertz CT molecular complexity index is 907. The minimum atomic E-state index is -0.263. The maximum atomic E-state index is 13.3. The van der Waals surface area contributed by atoms with Gasteiger partial charge < -0.3 is 15.1 Å². The molecule has 2 aromatic carbocycles. The normalized spacial score (nSPS) is 18.2. The van der Waals surface area contributed by atoms with E-state index in [1.807, 2.05) is 31.2 Å². The SMILES string of the molecule is C[C@H](C(=O)N1CC(=O)Nc2ccccc21)[NH+](C)Cc1ccccc1N1CCCC1.